The molecular formula is C23H27N3O4S. The Morgan fingerprint density at radius 1 is 1.10 bits per heavy atom. The molecule has 31 heavy (non-hydrogen) atoms. The average molecular weight is 442 g/mol. The third-order valence-electron chi connectivity index (χ3n) is 5.16. The van der Waals surface area contributed by atoms with Crippen LogP contribution in [0, 0.1) is 0 Å². The van der Waals surface area contributed by atoms with E-state index in [1.54, 1.807) is 30.6 Å². The van der Waals surface area contributed by atoms with Crippen molar-refractivity contribution in [1.29, 1.82) is 0 Å². The maximum absolute atomic E-state index is 14.0. The number of pyridine rings is 2. The molecule has 0 aliphatic carbocycles. The molecule has 1 atom stereocenters. The molecule has 0 amide bonds. The van der Waals surface area contributed by atoms with Gasteiger partial charge in [0.1, 0.15) is 4.90 Å². The highest BCUT2D eigenvalue weighted by Gasteiger charge is 2.36. The second-order valence-corrected chi connectivity index (χ2v) is 10.4. The van der Waals surface area contributed by atoms with Crippen LogP contribution in [0.25, 0.3) is 10.9 Å². The highest BCUT2D eigenvalue weighted by atomic mass is 32.2. The van der Waals surface area contributed by atoms with Crippen molar-refractivity contribution in [3.05, 3.63) is 66.1 Å². The number of hydrogen-bond acceptors (Lipinski definition) is 6. The number of para-hydroxylation sites is 1. The molecule has 3 aromatic rings. The Balaban J connectivity index is 1.80. The molecule has 8 heteroatoms. The smallest absolute Gasteiger partial charge is 0.245 e. The first-order valence-corrected chi connectivity index (χ1v) is 11.7. The van der Waals surface area contributed by atoms with Crippen LogP contribution in [0.1, 0.15) is 32.0 Å². The van der Waals surface area contributed by atoms with Crippen LogP contribution in [0.2, 0.25) is 0 Å². The molecule has 164 valence electrons. The molecule has 1 aliphatic heterocycles. The summed E-state index contributed by atoms with van der Waals surface area (Å²) in [5.41, 5.74) is 1.61. The highest BCUT2D eigenvalue weighted by molar-refractivity contribution is 7.89. The summed E-state index contributed by atoms with van der Waals surface area (Å²) >= 11 is 0. The molecule has 1 unspecified atom stereocenters. The summed E-state index contributed by atoms with van der Waals surface area (Å²) in [6.07, 6.45) is 3.30. The summed E-state index contributed by atoms with van der Waals surface area (Å²) in [6.45, 7) is 6.80. The van der Waals surface area contributed by atoms with E-state index in [-0.39, 0.29) is 24.7 Å². The molecule has 3 heterocycles. The molecule has 1 aromatic carbocycles. The van der Waals surface area contributed by atoms with Crippen molar-refractivity contribution >= 4 is 20.9 Å². The van der Waals surface area contributed by atoms with Gasteiger partial charge in [-0.15, -0.1) is 0 Å². The van der Waals surface area contributed by atoms with Gasteiger partial charge in [0.25, 0.3) is 0 Å². The van der Waals surface area contributed by atoms with Gasteiger partial charge in [-0.3, -0.25) is 9.97 Å². The number of ether oxygens (including phenoxy) is 2. The van der Waals surface area contributed by atoms with Gasteiger partial charge in [0.2, 0.25) is 10.0 Å². The van der Waals surface area contributed by atoms with Gasteiger partial charge >= 0.3 is 0 Å². The average Bonchev–Trinajstić information content (AvgIpc) is 2.72. The van der Waals surface area contributed by atoms with Crippen molar-refractivity contribution in [3.63, 3.8) is 0 Å². The number of rotatable bonds is 4. The third-order valence-corrected chi connectivity index (χ3v) is 7.09. The minimum absolute atomic E-state index is 0.178. The van der Waals surface area contributed by atoms with Gasteiger partial charge in [-0.1, -0.05) is 24.3 Å². The number of benzene rings is 1. The SMILES string of the molecule is CC(C)(C)OCC1COCc2ncccc2CN1S(=O)(=O)c1cccc2cccnc12. The van der Waals surface area contributed by atoms with Crippen molar-refractivity contribution in [2.75, 3.05) is 13.2 Å². The Labute approximate surface area is 183 Å². The first-order valence-electron chi connectivity index (χ1n) is 10.3. The van der Waals surface area contributed by atoms with Gasteiger partial charge in [0.15, 0.2) is 0 Å². The minimum atomic E-state index is -3.90. The second kappa shape index (κ2) is 8.63. The summed E-state index contributed by atoms with van der Waals surface area (Å²) < 4.78 is 41.3. The predicted octanol–water partition coefficient (Wildman–Crippen LogP) is 3.53. The number of hydrogen-bond donors (Lipinski definition) is 0. The molecule has 0 radical (unpaired) electrons. The molecule has 4 rings (SSSR count). The monoisotopic (exact) mass is 441 g/mol. The lowest BCUT2D eigenvalue weighted by Crippen LogP contribution is -2.47. The fraction of sp³-hybridized carbons (Fsp3) is 0.391. The van der Waals surface area contributed by atoms with Crippen molar-refractivity contribution < 1.29 is 17.9 Å². The van der Waals surface area contributed by atoms with E-state index >= 15 is 0 Å². The molecular weight excluding hydrogens is 414 g/mol. The normalized spacial score (nSPS) is 18.4. The maximum Gasteiger partial charge on any atom is 0.245 e. The van der Waals surface area contributed by atoms with Crippen LogP contribution in [0.5, 0.6) is 0 Å². The van der Waals surface area contributed by atoms with E-state index in [1.807, 2.05) is 45.0 Å². The summed E-state index contributed by atoms with van der Waals surface area (Å²) in [5.74, 6) is 0. The van der Waals surface area contributed by atoms with Crippen molar-refractivity contribution in [3.8, 4) is 0 Å². The Morgan fingerprint density at radius 2 is 1.84 bits per heavy atom. The topological polar surface area (TPSA) is 81.6 Å². The molecule has 2 aromatic heterocycles. The van der Waals surface area contributed by atoms with E-state index in [2.05, 4.69) is 9.97 Å². The fourth-order valence-corrected chi connectivity index (χ4v) is 5.33. The molecule has 0 fully saturated rings. The quantitative estimate of drug-likeness (QED) is 0.616. The standard InChI is InChI=1S/C23H27N3O4S/c1-23(2,3)30-15-19-14-29-16-20-18(9-6-11-24-20)13-26(19)31(27,28)21-10-4-7-17-8-5-12-25-22(17)21/h4-12,19H,13-16H2,1-3H3. The van der Waals surface area contributed by atoms with E-state index < -0.39 is 21.7 Å². The van der Waals surface area contributed by atoms with Crippen molar-refractivity contribution in [1.82, 2.24) is 14.3 Å². The molecule has 7 nitrogen and oxygen atoms in total. The zero-order chi connectivity index (χ0) is 22.1. The summed E-state index contributed by atoms with van der Waals surface area (Å²) in [7, 11) is -3.90. The van der Waals surface area contributed by atoms with Crippen LogP contribution in [-0.4, -0.2) is 47.5 Å². The fourth-order valence-electron chi connectivity index (χ4n) is 3.59. The number of sulfonamides is 1. The molecule has 0 saturated heterocycles. The lowest BCUT2D eigenvalue weighted by atomic mass is 10.1. The van der Waals surface area contributed by atoms with Gasteiger partial charge in [-0.05, 0) is 44.5 Å². The molecule has 1 aliphatic rings. The van der Waals surface area contributed by atoms with E-state index in [1.165, 1.54) is 4.31 Å². The third kappa shape index (κ3) is 4.77. The summed E-state index contributed by atoms with van der Waals surface area (Å²) in [5, 5.41) is 0.774. The van der Waals surface area contributed by atoms with Gasteiger partial charge in [0, 0.05) is 24.3 Å². The molecule has 0 saturated carbocycles. The van der Waals surface area contributed by atoms with Gasteiger partial charge in [-0.2, -0.15) is 4.31 Å². The number of fused-ring (bicyclic) bond motifs is 2. The highest BCUT2D eigenvalue weighted by Crippen LogP contribution is 2.29. The molecule has 0 N–H and O–H groups in total. The van der Waals surface area contributed by atoms with Crippen LogP contribution < -0.4 is 0 Å². The zero-order valence-electron chi connectivity index (χ0n) is 18.0. The number of aromatic nitrogens is 2. The lowest BCUT2D eigenvalue weighted by Gasteiger charge is -2.34. The summed E-state index contributed by atoms with van der Waals surface area (Å²) in [6, 6.07) is 12.1. The van der Waals surface area contributed by atoms with Gasteiger partial charge in [-0.25, -0.2) is 8.42 Å². The molecule has 0 spiro atoms. The Hall–Kier alpha value is -2.39. The Morgan fingerprint density at radius 3 is 2.65 bits per heavy atom. The van der Waals surface area contributed by atoms with E-state index in [4.69, 9.17) is 9.47 Å². The van der Waals surface area contributed by atoms with Crippen LogP contribution in [0.3, 0.4) is 0 Å². The number of nitrogens with zero attached hydrogens (tertiary/aromatic N) is 3. The largest absolute Gasteiger partial charge is 0.374 e. The lowest BCUT2D eigenvalue weighted by molar-refractivity contribution is -0.0462. The zero-order valence-corrected chi connectivity index (χ0v) is 18.8. The first-order chi connectivity index (χ1) is 14.8. The summed E-state index contributed by atoms with van der Waals surface area (Å²) in [4.78, 5) is 8.92. The Kier molecular flexibility index (Phi) is 6.07. The van der Waals surface area contributed by atoms with E-state index in [0.29, 0.717) is 12.1 Å². The molecule has 0 bridgehead atoms. The van der Waals surface area contributed by atoms with Crippen LogP contribution in [0.4, 0.5) is 0 Å². The van der Waals surface area contributed by atoms with Crippen molar-refractivity contribution in [2.45, 2.75) is 50.5 Å². The van der Waals surface area contributed by atoms with E-state index in [0.717, 1.165) is 16.6 Å². The van der Waals surface area contributed by atoms with E-state index in [9.17, 15) is 8.42 Å². The first kappa shape index (κ1) is 21.8. The van der Waals surface area contributed by atoms with Crippen LogP contribution >= 0.6 is 0 Å². The predicted molar refractivity (Wildman–Crippen MR) is 118 cm³/mol. The van der Waals surface area contributed by atoms with Gasteiger partial charge < -0.3 is 9.47 Å². The Bertz CT molecular complexity index is 1170. The second-order valence-electron chi connectivity index (χ2n) is 8.58. The van der Waals surface area contributed by atoms with Crippen LogP contribution in [-0.2, 0) is 32.6 Å². The maximum atomic E-state index is 14.0. The van der Waals surface area contributed by atoms with Gasteiger partial charge in [0.05, 0.1) is 42.7 Å². The minimum Gasteiger partial charge on any atom is -0.374 e. The van der Waals surface area contributed by atoms with Crippen molar-refractivity contribution in [2.24, 2.45) is 0 Å². The van der Waals surface area contributed by atoms with Crippen LogP contribution in [0.15, 0.2) is 59.8 Å².